The van der Waals surface area contributed by atoms with Crippen LogP contribution in [0.25, 0.3) is 0 Å². The molecule has 6 nitrogen and oxygen atoms in total. The van der Waals surface area contributed by atoms with Crippen molar-refractivity contribution >= 4 is 0 Å². The highest BCUT2D eigenvalue weighted by Gasteiger charge is 2.28. The quantitative estimate of drug-likeness (QED) is 0.654. The molecule has 1 aromatic rings. The fourth-order valence-electron chi connectivity index (χ4n) is 1.81. The van der Waals surface area contributed by atoms with Crippen molar-refractivity contribution in [2.75, 3.05) is 6.54 Å². The molecule has 1 heterocycles. The number of aliphatic hydroxyl groups is 1. The molecule has 0 saturated carbocycles. The Morgan fingerprint density at radius 3 is 2.94 bits per heavy atom. The summed E-state index contributed by atoms with van der Waals surface area (Å²) in [7, 11) is 0. The first-order valence-corrected chi connectivity index (χ1v) is 5.63. The lowest BCUT2D eigenvalue weighted by atomic mass is 10.0. The van der Waals surface area contributed by atoms with Crippen LogP contribution in [-0.2, 0) is 11.3 Å². The van der Waals surface area contributed by atoms with Gasteiger partial charge in [-0.3, -0.25) is 10.1 Å². The van der Waals surface area contributed by atoms with Crippen LogP contribution in [0.1, 0.15) is 31.1 Å². The van der Waals surface area contributed by atoms with Crippen molar-refractivity contribution in [3.05, 3.63) is 39.4 Å². The number of hydrogen-bond acceptors (Lipinski definition) is 5. The molecule has 6 heteroatoms. The van der Waals surface area contributed by atoms with E-state index in [1.807, 2.05) is 13.8 Å². The molecular formula is C12H15NO5. The van der Waals surface area contributed by atoms with Gasteiger partial charge < -0.3 is 14.6 Å². The van der Waals surface area contributed by atoms with E-state index in [0.717, 1.165) is 5.56 Å². The highest BCUT2D eigenvalue weighted by atomic mass is 16.7. The summed E-state index contributed by atoms with van der Waals surface area (Å²) < 4.78 is 11.1. The maximum Gasteiger partial charge on any atom is 0.233 e. The topological polar surface area (TPSA) is 81.8 Å². The van der Waals surface area contributed by atoms with Crippen LogP contribution in [0.3, 0.4) is 0 Å². The van der Waals surface area contributed by atoms with Crippen LogP contribution in [-0.4, -0.2) is 22.4 Å². The molecule has 1 atom stereocenters. The number of benzene rings is 1. The largest absolute Gasteiger partial charge is 0.463 e. The normalized spacial score (nSPS) is 18.6. The van der Waals surface area contributed by atoms with Gasteiger partial charge in [0.1, 0.15) is 11.9 Å². The van der Waals surface area contributed by atoms with E-state index in [2.05, 4.69) is 0 Å². The molecule has 18 heavy (non-hydrogen) atoms. The van der Waals surface area contributed by atoms with E-state index in [1.54, 1.807) is 18.2 Å². The molecule has 0 aliphatic carbocycles. The summed E-state index contributed by atoms with van der Waals surface area (Å²) in [5.41, 5.74) is 1.28. The smallest absolute Gasteiger partial charge is 0.233 e. The molecule has 0 radical (unpaired) electrons. The summed E-state index contributed by atoms with van der Waals surface area (Å²) in [5.74, 6) is 0.0110. The second-order valence-corrected chi connectivity index (χ2v) is 4.69. The third kappa shape index (κ3) is 2.77. The first kappa shape index (κ1) is 12.8. The zero-order valence-electron chi connectivity index (χ0n) is 10.3. The zero-order valence-corrected chi connectivity index (χ0v) is 10.3. The molecule has 0 saturated heterocycles. The van der Waals surface area contributed by atoms with Crippen molar-refractivity contribution in [2.45, 2.75) is 32.3 Å². The molecule has 1 unspecified atom stereocenters. The van der Waals surface area contributed by atoms with Gasteiger partial charge >= 0.3 is 0 Å². The van der Waals surface area contributed by atoms with Gasteiger partial charge in [-0.25, -0.2) is 0 Å². The average Bonchev–Trinajstić information content (AvgIpc) is 2.26. The maximum absolute atomic E-state index is 10.4. The lowest BCUT2D eigenvalue weighted by Gasteiger charge is -2.32. The number of nitrogens with zero attached hydrogens (tertiary/aromatic N) is 1. The Bertz CT molecular complexity index is 472. The molecule has 0 spiro atoms. The Kier molecular flexibility index (Phi) is 3.23. The molecule has 1 aromatic carbocycles. The van der Waals surface area contributed by atoms with Gasteiger partial charge in [-0.05, 0) is 17.7 Å². The molecule has 0 bridgehead atoms. The number of rotatable bonds is 3. The van der Waals surface area contributed by atoms with Crippen LogP contribution < -0.4 is 4.74 Å². The van der Waals surface area contributed by atoms with Gasteiger partial charge in [-0.15, -0.1) is 0 Å². The third-order valence-corrected chi connectivity index (χ3v) is 2.72. The Labute approximate surface area is 104 Å². The van der Waals surface area contributed by atoms with Gasteiger partial charge in [-0.1, -0.05) is 6.07 Å². The van der Waals surface area contributed by atoms with E-state index < -0.39 is 23.4 Å². The van der Waals surface area contributed by atoms with E-state index in [9.17, 15) is 15.2 Å². The zero-order chi connectivity index (χ0) is 13.3. The van der Waals surface area contributed by atoms with E-state index in [-0.39, 0.29) is 0 Å². The lowest BCUT2D eigenvalue weighted by molar-refractivity contribution is -0.491. The molecule has 1 N–H and O–H groups in total. The minimum Gasteiger partial charge on any atom is -0.463 e. The van der Waals surface area contributed by atoms with Crippen molar-refractivity contribution in [1.29, 1.82) is 0 Å². The van der Waals surface area contributed by atoms with Gasteiger partial charge in [0, 0.05) is 24.3 Å². The highest BCUT2D eigenvalue weighted by Crippen LogP contribution is 2.32. The van der Waals surface area contributed by atoms with Crippen LogP contribution in [0.4, 0.5) is 0 Å². The standard InChI is InChI=1S/C12H15NO5/c1-12(2)17-7-9-5-8(3-4-11(9)18-12)10(14)6-13(15)16/h3-5,10,14H,6-7H2,1-2H3. The minimum absolute atomic E-state index is 0.362. The first-order valence-electron chi connectivity index (χ1n) is 5.63. The highest BCUT2D eigenvalue weighted by molar-refractivity contribution is 5.39. The Balaban J connectivity index is 2.21. The molecule has 1 aliphatic heterocycles. The summed E-state index contributed by atoms with van der Waals surface area (Å²) in [6, 6.07) is 5.02. The van der Waals surface area contributed by atoms with Crippen molar-refractivity contribution in [3.63, 3.8) is 0 Å². The second-order valence-electron chi connectivity index (χ2n) is 4.69. The van der Waals surface area contributed by atoms with Gasteiger partial charge in [0.2, 0.25) is 12.3 Å². The predicted octanol–water partition coefficient (Wildman–Crippen LogP) is 1.64. The minimum atomic E-state index is -1.11. The fraction of sp³-hybridized carbons (Fsp3) is 0.500. The first-order chi connectivity index (χ1) is 8.37. The number of nitro groups is 1. The second kappa shape index (κ2) is 4.55. The summed E-state index contributed by atoms with van der Waals surface area (Å²) in [6.45, 7) is 3.48. The Morgan fingerprint density at radius 2 is 2.28 bits per heavy atom. The van der Waals surface area contributed by atoms with Gasteiger partial charge in [-0.2, -0.15) is 0 Å². The van der Waals surface area contributed by atoms with E-state index in [0.29, 0.717) is 17.9 Å². The van der Waals surface area contributed by atoms with Gasteiger partial charge in [0.05, 0.1) is 6.61 Å². The summed E-state index contributed by atoms with van der Waals surface area (Å²) in [5, 5.41) is 20.0. The van der Waals surface area contributed by atoms with Crippen LogP contribution >= 0.6 is 0 Å². The van der Waals surface area contributed by atoms with Crippen LogP contribution in [0, 0.1) is 10.1 Å². The molecular weight excluding hydrogens is 238 g/mol. The Hall–Kier alpha value is -1.66. The fourth-order valence-corrected chi connectivity index (χ4v) is 1.81. The average molecular weight is 253 g/mol. The summed E-state index contributed by atoms with van der Waals surface area (Å²) in [4.78, 5) is 9.81. The SMILES string of the molecule is CC1(C)OCc2cc(C(O)C[N+](=O)[O-])ccc2O1. The molecule has 0 fully saturated rings. The number of hydrogen-bond donors (Lipinski definition) is 1. The van der Waals surface area contributed by atoms with E-state index >= 15 is 0 Å². The third-order valence-electron chi connectivity index (χ3n) is 2.72. The maximum atomic E-state index is 10.4. The summed E-state index contributed by atoms with van der Waals surface area (Å²) in [6.07, 6.45) is -1.11. The van der Waals surface area contributed by atoms with Crippen LogP contribution in [0.2, 0.25) is 0 Å². The molecule has 1 aliphatic rings. The number of aliphatic hydroxyl groups excluding tert-OH is 1. The molecule has 0 amide bonds. The van der Waals surface area contributed by atoms with Crippen LogP contribution in [0.15, 0.2) is 18.2 Å². The van der Waals surface area contributed by atoms with E-state index in [4.69, 9.17) is 9.47 Å². The van der Waals surface area contributed by atoms with Gasteiger partial charge in [0.25, 0.3) is 0 Å². The van der Waals surface area contributed by atoms with Crippen molar-refractivity contribution < 1.29 is 19.5 Å². The van der Waals surface area contributed by atoms with Crippen molar-refractivity contribution in [1.82, 2.24) is 0 Å². The predicted molar refractivity (Wildman–Crippen MR) is 62.8 cm³/mol. The van der Waals surface area contributed by atoms with Crippen LogP contribution in [0.5, 0.6) is 5.75 Å². The number of ether oxygens (including phenoxy) is 2. The van der Waals surface area contributed by atoms with Crippen molar-refractivity contribution in [3.8, 4) is 5.75 Å². The Morgan fingerprint density at radius 1 is 1.56 bits per heavy atom. The molecule has 0 aromatic heterocycles. The molecule has 2 rings (SSSR count). The number of fused-ring (bicyclic) bond motifs is 1. The lowest BCUT2D eigenvalue weighted by Crippen LogP contribution is -2.35. The van der Waals surface area contributed by atoms with Crippen molar-refractivity contribution in [2.24, 2.45) is 0 Å². The molecule has 98 valence electrons. The van der Waals surface area contributed by atoms with Gasteiger partial charge in [0.15, 0.2) is 0 Å². The van der Waals surface area contributed by atoms with E-state index in [1.165, 1.54) is 0 Å². The monoisotopic (exact) mass is 253 g/mol. The summed E-state index contributed by atoms with van der Waals surface area (Å²) >= 11 is 0.